The SMILES string of the molecule is NC(=O)[C@@H](c1ccccc1)N(C(=O)c1ccc(=O)[nH]n1)[C@@H]1CCc2c(F)cc(Cl)cc21. The largest absolute Gasteiger partial charge is 0.368 e. The van der Waals surface area contributed by atoms with Crippen LogP contribution in [0.15, 0.2) is 59.4 Å². The van der Waals surface area contributed by atoms with E-state index in [1.165, 1.54) is 23.1 Å². The highest BCUT2D eigenvalue weighted by atomic mass is 35.5. The third-order valence-corrected chi connectivity index (χ3v) is 5.57. The lowest BCUT2D eigenvalue weighted by Crippen LogP contribution is -2.44. The van der Waals surface area contributed by atoms with Gasteiger partial charge >= 0.3 is 0 Å². The summed E-state index contributed by atoms with van der Waals surface area (Å²) in [6, 6.07) is 12.1. The maximum Gasteiger partial charge on any atom is 0.275 e. The molecule has 4 rings (SSSR count). The molecular weight excluding hydrogens is 423 g/mol. The zero-order valence-electron chi connectivity index (χ0n) is 16.2. The van der Waals surface area contributed by atoms with Crippen LogP contribution < -0.4 is 11.3 Å². The van der Waals surface area contributed by atoms with Crippen molar-refractivity contribution >= 4 is 23.4 Å². The molecule has 0 saturated heterocycles. The van der Waals surface area contributed by atoms with Crippen LogP contribution in [-0.2, 0) is 11.2 Å². The van der Waals surface area contributed by atoms with Gasteiger partial charge in [-0.15, -0.1) is 0 Å². The normalized spacial score (nSPS) is 15.9. The quantitative estimate of drug-likeness (QED) is 0.635. The highest BCUT2D eigenvalue weighted by molar-refractivity contribution is 6.30. The van der Waals surface area contributed by atoms with E-state index in [1.807, 2.05) is 0 Å². The van der Waals surface area contributed by atoms with Gasteiger partial charge in [-0.2, -0.15) is 5.10 Å². The summed E-state index contributed by atoms with van der Waals surface area (Å²) in [6.45, 7) is 0. The highest BCUT2D eigenvalue weighted by Crippen LogP contribution is 2.42. The molecule has 3 aromatic rings. The molecule has 0 unspecified atom stereocenters. The maximum atomic E-state index is 14.5. The molecule has 0 bridgehead atoms. The number of carbonyl (C=O) groups excluding carboxylic acids is 2. The summed E-state index contributed by atoms with van der Waals surface area (Å²) in [5, 5.41) is 6.23. The second kappa shape index (κ2) is 8.31. The molecule has 1 aliphatic rings. The number of rotatable bonds is 5. The number of hydrogen-bond acceptors (Lipinski definition) is 4. The minimum atomic E-state index is -1.14. The molecular formula is C22H18ClFN4O3. The van der Waals surface area contributed by atoms with E-state index in [4.69, 9.17) is 17.3 Å². The molecule has 0 aliphatic heterocycles. The molecule has 9 heteroatoms. The second-order valence-electron chi connectivity index (χ2n) is 7.24. The molecule has 158 valence electrons. The molecule has 7 nitrogen and oxygen atoms in total. The summed E-state index contributed by atoms with van der Waals surface area (Å²) >= 11 is 6.08. The molecule has 2 atom stereocenters. The van der Waals surface area contributed by atoms with E-state index in [-0.39, 0.29) is 10.7 Å². The van der Waals surface area contributed by atoms with E-state index < -0.39 is 35.3 Å². The van der Waals surface area contributed by atoms with Gasteiger partial charge in [-0.25, -0.2) is 9.49 Å². The van der Waals surface area contributed by atoms with Crippen LogP contribution in [-0.4, -0.2) is 26.9 Å². The van der Waals surface area contributed by atoms with Crippen LogP contribution in [0, 0.1) is 5.82 Å². The van der Waals surface area contributed by atoms with Gasteiger partial charge in [0, 0.05) is 11.1 Å². The summed E-state index contributed by atoms with van der Waals surface area (Å²) in [4.78, 5) is 38.8. The number of aromatic nitrogens is 2. The van der Waals surface area contributed by atoms with Crippen molar-refractivity contribution in [1.29, 1.82) is 0 Å². The van der Waals surface area contributed by atoms with E-state index in [9.17, 15) is 18.8 Å². The highest BCUT2D eigenvalue weighted by Gasteiger charge is 2.40. The monoisotopic (exact) mass is 440 g/mol. The fourth-order valence-electron chi connectivity index (χ4n) is 4.04. The number of aromatic amines is 1. The number of benzene rings is 2. The van der Waals surface area contributed by atoms with Crippen molar-refractivity contribution in [2.75, 3.05) is 0 Å². The molecule has 0 fully saturated rings. The first-order valence-electron chi connectivity index (χ1n) is 9.57. The number of primary amides is 1. The summed E-state index contributed by atoms with van der Waals surface area (Å²) in [7, 11) is 0. The van der Waals surface area contributed by atoms with Crippen molar-refractivity contribution in [1.82, 2.24) is 15.1 Å². The van der Waals surface area contributed by atoms with Gasteiger partial charge in [0.15, 0.2) is 0 Å². The predicted molar refractivity (Wildman–Crippen MR) is 112 cm³/mol. The molecule has 2 aromatic carbocycles. The molecule has 31 heavy (non-hydrogen) atoms. The Bertz CT molecular complexity index is 1190. The van der Waals surface area contributed by atoms with Gasteiger partial charge in [-0.05, 0) is 47.7 Å². The van der Waals surface area contributed by atoms with Gasteiger partial charge in [-0.3, -0.25) is 14.4 Å². The Morgan fingerprint density at radius 3 is 2.58 bits per heavy atom. The molecule has 0 saturated carbocycles. The van der Waals surface area contributed by atoms with Crippen molar-refractivity contribution in [2.24, 2.45) is 5.73 Å². The number of amides is 2. The predicted octanol–water partition coefficient (Wildman–Crippen LogP) is 2.92. The zero-order chi connectivity index (χ0) is 22.1. The molecule has 0 radical (unpaired) electrons. The Morgan fingerprint density at radius 1 is 1.19 bits per heavy atom. The van der Waals surface area contributed by atoms with E-state index in [1.54, 1.807) is 36.4 Å². The minimum Gasteiger partial charge on any atom is -0.368 e. The zero-order valence-corrected chi connectivity index (χ0v) is 17.0. The number of nitrogens with zero attached hydrogens (tertiary/aromatic N) is 2. The lowest BCUT2D eigenvalue weighted by molar-refractivity contribution is -0.123. The average Bonchev–Trinajstić information content (AvgIpc) is 3.16. The number of nitrogens with one attached hydrogen (secondary N) is 1. The van der Waals surface area contributed by atoms with Crippen LogP contribution in [0.4, 0.5) is 4.39 Å². The third-order valence-electron chi connectivity index (χ3n) is 5.35. The van der Waals surface area contributed by atoms with Crippen LogP contribution in [0.3, 0.4) is 0 Å². The van der Waals surface area contributed by atoms with E-state index >= 15 is 0 Å². The summed E-state index contributed by atoms with van der Waals surface area (Å²) in [5.74, 6) is -1.84. The smallest absolute Gasteiger partial charge is 0.275 e. The van der Waals surface area contributed by atoms with Crippen molar-refractivity contribution in [3.8, 4) is 0 Å². The van der Waals surface area contributed by atoms with Gasteiger partial charge in [0.25, 0.3) is 11.5 Å². The first-order valence-corrected chi connectivity index (χ1v) is 9.95. The van der Waals surface area contributed by atoms with Crippen molar-refractivity contribution in [3.63, 3.8) is 0 Å². The summed E-state index contributed by atoms with van der Waals surface area (Å²) in [6.07, 6.45) is 0.740. The Kier molecular flexibility index (Phi) is 5.56. The van der Waals surface area contributed by atoms with Gasteiger partial charge in [0.05, 0.1) is 6.04 Å². The fourth-order valence-corrected chi connectivity index (χ4v) is 4.26. The first-order chi connectivity index (χ1) is 14.9. The van der Waals surface area contributed by atoms with Gasteiger partial charge in [0.1, 0.15) is 17.6 Å². The summed E-state index contributed by atoms with van der Waals surface area (Å²) < 4.78 is 14.5. The average molecular weight is 441 g/mol. The lowest BCUT2D eigenvalue weighted by atomic mass is 9.98. The number of nitrogens with two attached hydrogens (primary N) is 1. The van der Waals surface area contributed by atoms with Crippen LogP contribution in [0.5, 0.6) is 0 Å². The Hall–Kier alpha value is -3.52. The molecule has 1 aromatic heterocycles. The molecule has 3 N–H and O–H groups in total. The van der Waals surface area contributed by atoms with Crippen LogP contribution >= 0.6 is 11.6 Å². The molecule has 0 spiro atoms. The first kappa shape index (κ1) is 20.7. The number of hydrogen-bond donors (Lipinski definition) is 2. The maximum absolute atomic E-state index is 14.5. The lowest BCUT2D eigenvalue weighted by Gasteiger charge is -2.35. The van der Waals surface area contributed by atoms with Crippen molar-refractivity contribution in [2.45, 2.75) is 24.9 Å². The molecule has 1 heterocycles. The van der Waals surface area contributed by atoms with Gasteiger partial charge in [-0.1, -0.05) is 41.9 Å². The number of fused-ring (bicyclic) bond motifs is 1. The Labute approximate surface area is 181 Å². The standard InChI is InChI=1S/C22H18ClFN4O3/c23-13-10-15-14(16(24)11-13)6-8-18(15)28(22(31)17-7-9-19(29)27-26-17)20(21(25)30)12-4-2-1-3-5-12/h1-5,7,9-11,18,20H,6,8H2,(H2,25,30)(H,27,29)/t18-,20-/m1/s1. The second-order valence-corrected chi connectivity index (χ2v) is 7.68. The summed E-state index contributed by atoms with van der Waals surface area (Å²) in [5.41, 5.74) is 6.66. The van der Waals surface area contributed by atoms with E-state index in [0.29, 0.717) is 29.5 Å². The van der Waals surface area contributed by atoms with Crippen LogP contribution in [0.2, 0.25) is 5.02 Å². The number of H-pyrrole nitrogens is 1. The Balaban J connectivity index is 1.88. The molecule has 1 aliphatic carbocycles. The van der Waals surface area contributed by atoms with Gasteiger partial charge < -0.3 is 10.6 Å². The van der Waals surface area contributed by atoms with Crippen molar-refractivity contribution in [3.05, 3.63) is 98.2 Å². The van der Waals surface area contributed by atoms with Gasteiger partial charge in [0.2, 0.25) is 5.91 Å². The van der Waals surface area contributed by atoms with Crippen LogP contribution in [0.25, 0.3) is 0 Å². The van der Waals surface area contributed by atoms with E-state index in [2.05, 4.69) is 10.2 Å². The topological polar surface area (TPSA) is 109 Å². The van der Waals surface area contributed by atoms with Crippen LogP contribution in [0.1, 0.15) is 45.7 Å². The fraction of sp³-hybridized carbons (Fsp3) is 0.182. The number of halogens is 2. The van der Waals surface area contributed by atoms with E-state index in [0.717, 1.165) is 0 Å². The minimum absolute atomic E-state index is 0.0715. The third kappa shape index (κ3) is 3.94. The van der Waals surface area contributed by atoms with Crippen molar-refractivity contribution < 1.29 is 14.0 Å². The number of carbonyl (C=O) groups is 2. The molecule has 2 amide bonds. The Morgan fingerprint density at radius 2 is 1.94 bits per heavy atom.